The van der Waals surface area contributed by atoms with Gasteiger partial charge in [0.1, 0.15) is 11.5 Å². The van der Waals surface area contributed by atoms with Gasteiger partial charge in [-0.15, -0.1) is 0 Å². The van der Waals surface area contributed by atoms with Gasteiger partial charge in [0.25, 0.3) is 0 Å². The van der Waals surface area contributed by atoms with Crippen LogP contribution < -0.4 is 9.47 Å². The van der Waals surface area contributed by atoms with E-state index in [0.29, 0.717) is 18.8 Å². The minimum atomic E-state index is -0.0874. The number of hydrogen-bond donors (Lipinski definition) is 0. The van der Waals surface area contributed by atoms with Crippen molar-refractivity contribution < 1.29 is 18.7 Å². The molecule has 0 aliphatic carbocycles. The number of rotatable bonds is 6. The number of carbonyl (C=O) groups excluding carboxylic acids is 1. The van der Waals surface area contributed by atoms with E-state index in [1.807, 2.05) is 73.7 Å². The highest BCUT2D eigenvalue weighted by Gasteiger charge is 2.18. The van der Waals surface area contributed by atoms with Crippen molar-refractivity contribution in [2.45, 2.75) is 20.0 Å². The second-order valence-corrected chi connectivity index (χ2v) is 6.64. The highest BCUT2D eigenvalue weighted by molar-refractivity contribution is 5.91. The molecule has 5 heteroatoms. The fraction of sp³-hybridized carbons (Fsp3) is 0.174. The lowest BCUT2D eigenvalue weighted by Crippen LogP contribution is -2.28. The molecule has 0 bridgehead atoms. The Morgan fingerprint density at radius 2 is 1.82 bits per heavy atom. The van der Waals surface area contributed by atoms with Crippen LogP contribution in [0.15, 0.2) is 71.2 Å². The summed E-state index contributed by atoms with van der Waals surface area (Å²) < 4.78 is 16.5. The molecule has 0 fully saturated rings. The van der Waals surface area contributed by atoms with Crippen LogP contribution in [0.1, 0.15) is 22.6 Å². The molecule has 0 radical (unpaired) electrons. The number of furan rings is 1. The van der Waals surface area contributed by atoms with Crippen LogP contribution in [0.3, 0.4) is 0 Å². The first-order chi connectivity index (χ1) is 13.7. The molecule has 142 valence electrons. The Kier molecular flexibility index (Phi) is 5.15. The van der Waals surface area contributed by atoms with Crippen LogP contribution in [-0.4, -0.2) is 17.6 Å². The van der Waals surface area contributed by atoms with E-state index in [9.17, 15) is 4.79 Å². The number of fused-ring (bicyclic) bond motifs is 1. The summed E-state index contributed by atoms with van der Waals surface area (Å²) in [7, 11) is 0. The zero-order valence-electron chi connectivity index (χ0n) is 15.6. The monoisotopic (exact) mass is 375 g/mol. The first-order valence-corrected chi connectivity index (χ1v) is 9.13. The molecule has 2 heterocycles. The van der Waals surface area contributed by atoms with Gasteiger partial charge in [-0.2, -0.15) is 0 Å². The van der Waals surface area contributed by atoms with Crippen LogP contribution in [0, 0.1) is 6.92 Å². The molecule has 0 spiro atoms. The van der Waals surface area contributed by atoms with Crippen LogP contribution in [0.5, 0.6) is 11.5 Å². The van der Waals surface area contributed by atoms with Crippen molar-refractivity contribution in [3.05, 3.63) is 89.4 Å². The third kappa shape index (κ3) is 4.26. The van der Waals surface area contributed by atoms with Gasteiger partial charge in [-0.3, -0.25) is 4.79 Å². The maximum atomic E-state index is 12.9. The standard InChI is InChI=1S/C23H21NO4/c1-17-7-10-20(28-17)15-24(23(25)12-9-18-5-3-2-4-6-18)14-19-8-11-21-22(13-19)27-16-26-21/h2-13H,14-16H2,1H3/b12-9+. The summed E-state index contributed by atoms with van der Waals surface area (Å²) in [6.45, 7) is 2.95. The largest absolute Gasteiger partial charge is 0.464 e. The van der Waals surface area contributed by atoms with Crippen molar-refractivity contribution in [3.8, 4) is 11.5 Å². The third-order valence-corrected chi connectivity index (χ3v) is 4.48. The Labute approximate surface area is 163 Å². The quantitative estimate of drug-likeness (QED) is 0.593. The van der Waals surface area contributed by atoms with E-state index in [1.165, 1.54) is 0 Å². The minimum Gasteiger partial charge on any atom is -0.464 e. The molecule has 3 aromatic rings. The summed E-state index contributed by atoms with van der Waals surface area (Å²) in [5.41, 5.74) is 1.95. The molecule has 2 aromatic carbocycles. The Morgan fingerprint density at radius 1 is 1.00 bits per heavy atom. The number of ether oxygens (including phenoxy) is 2. The zero-order chi connectivity index (χ0) is 19.3. The van der Waals surface area contributed by atoms with Gasteiger partial charge in [0.15, 0.2) is 11.5 Å². The van der Waals surface area contributed by atoms with Crippen molar-refractivity contribution >= 4 is 12.0 Å². The predicted octanol–water partition coefficient (Wildman–Crippen LogP) is 4.56. The molecule has 0 saturated heterocycles. The average Bonchev–Trinajstić information content (AvgIpc) is 3.34. The van der Waals surface area contributed by atoms with Crippen LogP contribution >= 0.6 is 0 Å². The van der Waals surface area contributed by atoms with E-state index in [4.69, 9.17) is 13.9 Å². The maximum Gasteiger partial charge on any atom is 0.247 e. The molecular formula is C23H21NO4. The van der Waals surface area contributed by atoms with Crippen LogP contribution in [0.4, 0.5) is 0 Å². The third-order valence-electron chi connectivity index (χ3n) is 4.48. The van der Waals surface area contributed by atoms with Gasteiger partial charge in [0.05, 0.1) is 6.54 Å². The smallest absolute Gasteiger partial charge is 0.247 e. The highest BCUT2D eigenvalue weighted by Crippen LogP contribution is 2.33. The van der Waals surface area contributed by atoms with E-state index in [1.54, 1.807) is 11.0 Å². The molecule has 0 N–H and O–H groups in total. The summed E-state index contributed by atoms with van der Waals surface area (Å²) in [6, 6.07) is 19.3. The number of carbonyl (C=O) groups is 1. The Bertz CT molecular complexity index is 991. The lowest BCUT2D eigenvalue weighted by atomic mass is 10.1. The van der Waals surface area contributed by atoms with Crippen molar-refractivity contribution in [2.24, 2.45) is 0 Å². The van der Waals surface area contributed by atoms with Crippen LogP contribution in [0.2, 0.25) is 0 Å². The van der Waals surface area contributed by atoms with Gasteiger partial charge in [0.2, 0.25) is 12.7 Å². The summed E-state index contributed by atoms with van der Waals surface area (Å²) in [5.74, 6) is 2.92. The van der Waals surface area contributed by atoms with Gasteiger partial charge in [-0.05, 0) is 48.4 Å². The molecule has 0 saturated carbocycles. The second kappa shape index (κ2) is 8.05. The Morgan fingerprint density at radius 3 is 2.61 bits per heavy atom. The van der Waals surface area contributed by atoms with E-state index >= 15 is 0 Å². The fourth-order valence-corrected chi connectivity index (χ4v) is 3.07. The van der Waals surface area contributed by atoms with Gasteiger partial charge < -0.3 is 18.8 Å². The molecule has 1 aromatic heterocycles. The number of amides is 1. The molecule has 1 aliphatic heterocycles. The van der Waals surface area contributed by atoms with Gasteiger partial charge >= 0.3 is 0 Å². The predicted molar refractivity (Wildman–Crippen MR) is 106 cm³/mol. The summed E-state index contributed by atoms with van der Waals surface area (Å²) in [4.78, 5) is 14.7. The van der Waals surface area contributed by atoms with E-state index < -0.39 is 0 Å². The molecule has 28 heavy (non-hydrogen) atoms. The lowest BCUT2D eigenvalue weighted by molar-refractivity contribution is -0.127. The number of aryl methyl sites for hydroxylation is 1. The molecule has 1 aliphatic rings. The van der Waals surface area contributed by atoms with Crippen LogP contribution in [-0.2, 0) is 17.9 Å². The van der Waals surface area contributed by atoms with E-state index in [-0.39, 0.29) is 12.7 Å². The number of hydrogen-bond acceptors (Lipinski definition) is 4. The first-order valence-electron chi connectivity index (χ1n) is 9.13. The number of nitrogens with zero attached hydrogens (tertiary/aromatic N) is 1. The van der Waals surface area contributed by atoms with Crippen LogP contribution in [0.25, 0.3) is 6.08 Å². The lowest BCUT2D eigenvalue weighted by Gasteiger charge is -2.20. The van der Waals surface area contributed by atoms with Gasteiger partial charge in [0, 0.05) is 12.6 Å². The fourth-order valence-electron chi connectivity index (χ4n) is 3.07. The summed E-state index contributed by atoms with van der Waals surface area (Å²) in [6.07, 6.45) is 3.42. The molecule has 5 nitrogen and oxygen atoms in total. The SMILES string of the molecule is Cc1ccc(CN(Cc2ccc3c(c2)OCO3)C(=O)/C=C/c2ccccc2)o1. The topological polar surface area (TPSA) is 51.9 Å². The van der Waals surface area contributed by atoms with Gasteiger partial charge in [-0.1, -0.05) is 36.4 Å². The Balaban J connectivity index is 1.54. The highest BCUT2D eigenvalue weighted by atomic mass is 16.7. The molecule has 0 unspecified atom stereocenters. The zero-order valence-corrected chi connectivity index (χ0v) is 15.6. The normalized spacial score (nSPS) is 12.5. The molecule has 4 rings (SSSR count). The van der Waals surface area contributed by atoms with E-state index in [2.05, 4.69) is 0 Å². The van der Waals surface area contributed by atoms with E-state index in [0.717, 1.165) is 28.4 Å². The average molecular weight is 375 g/mol. The van der Waals surface area contributed by atoms with Crippen molar-refractivity contribution in [3.63, 3.8) is 0 Å². The minimum absolute atomic E-state index is 0.0874. The molecule has 1 amide bonds. The van der Waals surface area contributed by atoms with Gasteiger partial charge in [-0.25, -0.2) is 0 Å². The summed E-state index contributed by atoms with van der Waals surface area (Å²) in [5, 5.41) is 0. The molecule has 0 atom stereocenters. The number of benzene rings is 2. The first kappa shape index (κ1) is 17.9. The van der Waals surface area contributed by atoms with Crippen molar-refractivity contribution in [1.29, 1.82) is 0 Å². The molecular weight excluding hydrogens is 354 g/mol. The second-order valence-electron chi connectivity index (χ2n) is 6.64. The maximum absolute atomic E-state index is 12.9. The Hall–Kier alpha value is -3.47. The van der Waals surface area contributed by atoms with Crippen molar-refractivity contribution in [1.82, 2.24) is 4.90 Å². The van der Waals surface area contributed by atoms with Crippen molar-refractivity contribution in [2.75, 3.05) is 6.79 Å². The summed E-state index contributed by atoms with van der Waals surface area (Å²) >= 11 is 0.